The lowest BCUT2D eigenvalue weighted by Crippen LogP contribution is -2.05. The average molecular weight is 238 g/mol. The van der Waals surface area contributed by atoms with Crippen molar-refractivity contribution in [2.24, 2.45) is 7.05 Å². The van der Waals surface area contributed by atoms with E-state index in [0.29, 0.717) is 11.6 Å². The molecule has 84 valence electrons. The van der Waals surface area contributed by atoms with Gasteiger partial charge in [-0.3, -0.25) is 0 Å². The monoisotopic (exact) mass is 237 g/mol. The van der Waals surface area contributed by atoms with Crippen molar-refractivity contribution in [3.05, 3.63) is 41.4 Å². The molecule has 0 atom stereocenters. The van der Waals surface area contributed by atoms with E-state index in [1.165, 1.54) is 0 Å². The van der Waals surface area contributed by atoms with Gasteiger partial charge >= 0.3 is 0 Å². The Morgan fingerprint density at radius 1 is 1.50 bits per heavy atom. The highest BCUT2D eigenvalue weighted by Crippen LogP contribution is 2.26. The van der Waals surface area contributed by atoms with Crippen LogP contribution in [0, 0.1) is 0 Å². The number of aryl methyl sites for hydroxylation is 1. The molecule has 0 bridgehead atoms. The van der Waals surface area contributed by atoms with Crippen LogP contribution in [0.15, 0.2) is 30.6 Å². The first-order valence-electron chi connectivity index (χ1n) is 4.85. The van der Waals surface area contributed by atoms with Gasteiger partial charge < -0.3 is 15.0 Å². The second-order valence-electron chi connectivity index (χ2n) is 3.47. The number of nitrogens with one attached hydrogen (secondary N) is 1. The molecule has 5 heteroatoms. The van der Waals surface area contributed by atoms with E-state index in [4.69, 9.17) is 11.6 Å². The summed E-state index contributed by atoms with van der Waals surface area (Å²) in [5, 5.41) is 12.8. The fourth-order valence-electron chi connectivity index (χ4n) is 1.36. The molecule has 0 saturated heterocycles. The van der Waals surface area contributed by atoms with Crippen LogP contribution in [-0.4, -0.2) is 14.7 Å². The number of rotatable bonds is 3. The van der Waals surface area contributed by atoms with Crippen LogP contribution in [0.1, 0.15) is 5.82 Å². The van der Waals surface area contributed by atoms with Gasteiger partial charge in [0.05, 0.1) is 11.6 Å². The molecular weight excluding hydrogens is 226 g/mol. The van der Waals surface area contributed by atoms with Gasteiger partial charge in [-0.25, -0.2) is 4.98 Å². The largest absolute Gasteiger partial charge is 0.506 e. The number of aromatic hydroxyl groups is 1. The van der Waals surface area contributed by atoms with Crippen LogP contribution in [0.5, 0.6) is 5.75 Å². The van der Waals surface area contributed by atoms with E-state index in [1.807, 2.05) is 17.8 Å². The number of nitrogens with zero attached hydrogens (tertiary/aromatic N) is 2. The highest BCUT2D eigenvalue weighted by Gasteiger charge is 2.01. The topological polar surface area (TPSA) is 50.1 Å². The van der Waals surface area contributed by atoms with E-state index >= 15 is 0 Å². The molecule has 0 aliphatic carbocycles. The minimum atomic E-state index is 0.0872. The van der Waals surface area contributed by atoms with E-state index in [1.54, 1.807) is 24.4 Å². The standard InChI is InChI=1S/C11H12ClN3O/c1-15-5-4-13-11(15)7-14-8-2-3-10(16)9(12)6-8/h2-6,14,16H,7H2,1H3. The third kappa shape index (κ3) is 2.28. The number of phenols is 1. The summed E-state index contributed by atoms with van der Waals surface area (Å²) in [7, 11) is 1.94. The summed E-state index contributed by atoms with van der Waals surface area (Å²) in [6.45, 7) is 0.616. The summed E-state index contributed by atoms with van der Waals surface area (Å²) >= 11 is 5.79. The number of hydrogen-bond donors (Lipinski definition) is 2. The van der Waals surface area contributed by atoms with Crippen molar-refractivity contribution in [3.63, 3.8) is 0 Å². The van der Waals surface area contributed by atoms with Crippen LogP contribution in [0.3, 0.4) is 0 Å². The number of halogens is 1. The van der Waals surface area contributed by atoms with Crippen molar-refractivity contribution in [2.75, 3.05) is 5.32 Å². The zero-order chi connectivity index (χ0) is 11.5. The summed E-state index contributed by atoms with van der Waals surface area (Å²) in [5.41, 5.74) is 0.853. The van der Waals surface area contributed by atoms with Crippen molar-refractivity contribution in [1.82, 2.24) is 9.55 Å². The fourth-order valence-corrected chi connectivity index (χ4v) is 1.55. The lowest BCUT2D eigenvalue weighted by Gasteiger charge is -2.07. The molecule has 0 amide bonds. The molecule has 0 spiro atoms. The van der Waals surface area contributed by atoms with Gasteiger partial charge in [0.1, 0.15) is 11.6 Å². The minimum Gasteiger partial charge on any atom is -0.506 e. The maximum atomic E-state index is 9.26. The molecule has 2 N–H and O–H groups in total. The molecule has 0 fully saturated rings. The summed E-state index contributed by atoms with van der Waals surface area (Å²) in [6, 6.07) is 5.01. The number of aromatic nitrogens is 2. The number of imidazole rings is 1. The maximum Gasteiger partial charge on any atom is 0.134 e. The van der Waals surface area contributed by atoms with E-state index in [0.717, 1.165) is 11.5 Å². The fraction of sp³-hybridized carbons (Fsp3) is 0.182. The minimum absolute atomic E-state index is 0.0872. The summed E-state index contributed by atoms with van der Waals surface area (Å²) in [5.74, 6) is 1.02. The molecular formula is C11H12ClN3O. The first-order valence-corrected chi connectivity index (χ1v) is 5.23. The van der Waals surface area contributed by atoms with Gasteiger partial charge in [-0.1, -0.05) is 11.6 Å². The Bertz CT molecular complexity index is 496. The molecule has 0 saturated carbocycles. The van der Waals surface area contributed by atoms with Crippen molar-refractivity contribution in [2.45, 2.75) is 6.54 Å². The van der Waals surface area contributed by atoms with Crippen LogP contribution in [0.2, 0.25) is 5.02 Å². The van der Waals surface area contributed by atoms with E-state index in [9.17, 15) is 5.11 Å². The van der Waals surface area contributed by atoms with Crippen molar-refractivity contribution in [1.29, 1.82) is 0 Å². The van der Waals surface area contributed by atoms with Crippen molar-refractivity contribution >= 4 is 17.3 Å². The van der Waals surface area contributed by atoms with Crippen molar-refractivity contribution in [3.8, 4) is 5.75 Å². The third-order valence-corrected chi connectivity index (χ3v) is 2.62. The Balaban J connectivity index is 2.05. The molecule has 0 aliphatic rings. The predicted molar refractivity (Wildman–Crippen MR) is 63.7 cm³/mol. The van der Waals surface area contributed by atoms with E-state index < -0.39 is 0 Å². The van der Waals surface area contributed by atoms with Gasteiger partial charge in [-0.15, -0.1) is 0 Å². The Labute approximate surface area is 98.5 Å². The van der Waals surface area contributed by atoms with Gasteiger partial charge in [-0.05, 0) is 18.2 Å². The molecule has 0 radical (unpaired) electrons. The highest BCUT2D eigenvalue weighted by molar-refractivity contribution is 6.32. The van der Waals surface area contributed by atoms with Gasteiger partial charge in [0, 0.05) is 25.1 Å². The smallest absolute Gasteiger partial charge is 0.134 e. The highest BCUT2D eigenvalue weighted by atomic mass is 35.5. The Morgan fingerprint density at radius 2 is 2.31 bits per heavy atom. The quantitative estimate of drug-likeness (QED) is 0.806. The Hall–Kier alpha value is -1.68. The zero-order valence-electron chi connectivity index (χ0n) is 8.81. The van der Waals surface area contributed by atoms with E-state index in [-0.39, 0.29) is 5.75 Å². The van der Waals surface area contributed by atoms with Gasteiger partial charge in [0.2, 0.25) is 0 Å². The number of benzene rings is 1. The maximum absolute atomic E-state index is 9.26. The first kappa shape index (κ1) is 10.8. The average Bonchev–Trinajstić information content (AvgIpc) is 2.66. The summed E-state index contributed by atoms with van der Waals surface area (Å²) in [6.07, 6.45) is 3.64. The van der Waals surface area contributed by atoms with Crippen LogP contribution in [0.25, 0.3) is 0 Å². The van der Waals surface area contributed by atoms with Gasteiger partial charge in [-0.2, -0.15) is 0 Å². The molecule has 16 heavy (non-hydrogen) atoms. The number of anilines is 1. The SMILES string of the molecule is Cn1ccnc1CNc1ccc(O)c(Cl)c1. The molecule has 1 heterocycles. The molecule has 0 unspecified atom stereocenters. The molecule has 2 aromatic rings. The first-order chi connectivity index (χ1) is 7.66. The second-order valence-corrected chi connectivity index (χ2v) is 3.88. The van der Waals surface area contributed by atoms with Crippen LogP contribution < -0.4 is 5.32 Å². The Kier molecular flexibility index (Phi) is 3.01. The van der Waals surface area contributed by atoms with Crippen molar-refractivity contribution < 1.29 is 5.11 Å². The molecule has 4 nitrogen and oxygen atoms in total. The molecule has 1 aromatic heterocycles. The lowest BCUT2D eigenvalue weighted by atomic mass is 10.3. The molecule has 1 aromatic carbocycles. The zero-order valence-corrected chi connectivity index (χ0v) is 9.57. The van der Waals surface area contributed by atoms with Crippen LogP contribution >= 0.6 is 11.6 Å². The number of hydrogen-bond acceptors (Lipinski definition) is 3. The second kappa shape index (κ2) is 4.45. The molecule has 0 aliphatic heterocycles. The Morgan fingerprint density at radius 3 is 2.94 bits per heavy atom. The molecule has 2 rings (SSSR count). The van der Waals surface area contributed by atoms with Gasteiger partial charge in [0.25, 0.3) is 0 Å². The van der Waals surface area contributed by atoms with E-state index in [2.05, 4.69) is 10.3 Å². The summed E-state index contributed by atoms with van der Waals surface area (Å²) in [4.78, 5) is 4.19. The normalized spacial score (nSPS) is 10.4. The summed E-state index contributed by atoms with van der Waals surface area (Å²) < 4.78 is 1.94. The lowest BCUT2D eigenvalue weighted by molar-refractivity contribution is 0.475. The third-order valence-electron chi connectivity index (χ3n) is 2.32. The van der Waals surface area contributed by atoms with Crippen LogP contribution in [0.4, 0.5) is 5.69 Å². The number of phenolic OH excluding ortho intramolecular Hbond substituents is 1. The van der Waals surface area contributed by atoms with Gasteiger partial charge in [0.15, 0.2) is 0 Å². The predicted octanol–water partition coefficient (Wildman–Crippen LogP) is 2.39. The van der Waals surface area contributed by atoms with Crippen LogP contribution in [-0.2, 0) is 13.6 Å².